The van der Waals surface area contributed by atoms with Crippen LogP contribution in [0.1, 0.15) is 21.5 Å². The summed E-state index contributed by atoms with van der Waals surface area (Å²) in [6, 6.07) is 14.8. The number of nitrogens with two attached hydrogens (primary N) is 1. The van der Waals surface area contributed by atoms with Gasteiger partial charge in [0.2, 0.25) is 5.91 Å². The van der Waals surface area contributed by atoms with Gasteiger partial charge in [-0.25, -0.2) is 4.98 Å². The Balaban J connectivity index is 1.65. The maximum atomic E-state index is 11.5. The lowest BCUT2D eigenvalue weighted by Gasteiger charge is -2.14. The van der Waals surface area contributed by atoms with Gasteiger partial charge in [-0.05, 0) is 61.4 Å². The van der Waals surface area contributed by atoms with E-state index in [-0.39, 0.29) is 0 Å². The Kier molecular flexibility index (Phi) is 5.68. The minimum atomic E-state index is -0.488. The van der Waals surface area contributed by atoms with Crippen molar-refractivity contribution in [1.82, 2.24) is 9.97 Å². The molecule has 2 aromatic heterocycles. The van der Waals surface area contributed by atoms with E-state index in [1.54, 1.807) is 25.4 Å². The molecule has 0 saturated heterocycles. The molecule has 7 heteroatoms. The molecule has 2 N–H and O–H groups in total. The van der Waals surface area contributed by atoms with Crippen molar-refractivity contribution < 1.29 is 14.3 Å². The Morgan fingerprint density at radius 1 is 1.00 bits per heavy atom. The zero-order chi connectivity index (χ0) is 22.0. The molecule has 2 heterocycles. The molecule has 156 valence electrons. The number of ether oxygens (including phenoxy) is 2. The third-order valence-corrected chi connectivity index (χ3v) is 5.69. The SMILES string of the molecule is COc1ccccc1Oc1cc(C)c(-c2csc(-c3cc(C(N)=O)ccn3)n2)c(C)c1. The maximum Gasteiger partial charge on any atom is 0.248 e. The van der Waals surface area contributed by atoms with Gasteiger partial charge in [-0.1, -0.05) is 12.1 Å². The lowest BCUT2D eigenvalue weighted by Crippen LogP contribution is -2.10. The summed E-state index contributed by atoms with van der Waals surface area (Å²) in [5, 5.41) is 2.72. The monoisotopic (exact) mass is 431 g/mol. The molecule has 0 bridgehead atoms. The molecule has 4 aromatic rings. The molecule has 0 unspecified atom stereocenters. The van der Waals surface area contributed by atoms with Crippen molar-refractivity contribution in [3.05, 3.63) is 76.8 Å². The summed E-state index contributed by atoms with van der Waals surface area (Å²) in [7, 11) is 1.62. The van der Waals surface area contributed by atoms with E-state index in [4.69, 9.17) is 20.2 Å². The number of aryl methyl sites for hydroxylation is 2. The normalized spacial score (nSPS) is 10.7. The van der Waals surface area contributed by atoms with Gasteiger partial charge in [0, 0.05) is 22.7 Å². The van der Waals surface area contributed by atoms with E-state index < -0.39 is 5.91 Å². The highest BCUT2D eigenvalue weighted by Gasteiger charge is 2.15. The molecular formula is C24H21N3O3S. The summed E-state index contributed by atoms with van der Waals surface area (Å²) in [6.45, 7) is 4.06. The van der Waals surface area contributed by atoms with Crippen LogP contribution in [0.4, 0.5) is 0 Å². The number of para-hydroxylation sites is 2. The number of hydrogen-bond donors (Lipinski definition) is 1. The highest BCUT2D eigenvalue weighted by atomic mass is 32.1. The number of amides is 1. The number of primary amides is 1. The van der Waals surface area contributed by atoms with Crippen molar-refractivity contribution in [2.45, 2.75) is 13.8 Å². The molecule has 2 aromatic carbocycles. The van der Waals surface area contributed by atoms with E-state index >= 15 is 0 Å². The summed E-state index contributed by atoms with van der Waals surface area (Å²) in [6.07, 6.45) is 1.57. The van der Waals surface area contributed by atoms with Gasteiger partial charge in [0.25, 0.3) is 0 Å². The van der Waals surface area contributed by atoms with E-state index in [9.17, 15) is 4.79 Å². The van der Waals surface area contributed by atoms with Gasteiger partial charge in [0.05, 0.1) is 18.5 Å². The van der Waals surface area contributed by atoms with Crippen LogP contribution in [0.2, 0.25) is 0 Å². The summed E-state index contributed by atoms with van der Waals surface area (Å²) in [5.74, 6) is 1.58. The first-order valence-electron chi connectivity index (χ1n) is 9.60. The fraction of sp³-hybridized carbons (Fsp3) is 0.125. The summed E-state index contributed by atoms with van der Waals surface area (Å²) < 4.78 is 11.4. The van der Waals surface area contributed by atoms with Crippen molar-refractivity contribution in [2.75, 3.05) is 7.11 Å². The third-order valence-electron chi connectivity index (χ3n) is 4.83. The van der Waals surface area contributed by atoms with Crippen LogP contribution in [0.3, 0.4) is 0 Å². The second kappa shape index (κ2) is 8.57. The zero-order valence-corrected chi connectivity index (χ0v) is 18.2. The average Bonchev–Trinajstić information content (AvgIpc) is 3.23. The van der Waals surface area contributed by atoms with Gasteiger partial charge in [0.1, 0.15) is 10.8 Å². The zero-order valence-electron chi connectivity index (χ0n) is 17.4. The maximum absolute atomic E-state index is 11.5. The van der Waals surface area contributed by atoms with Gasteiger partial charge in [0.15, 0.2) is 11.5 Å². The lowest BCUT2D eigenvalue weighted by molar-refractivity contribution is 0.1000. The lowest BCUT2D eigenvalue weighted by atomic mass is 10.00. The molecule has 1 amide bonds. The number of benzene rings is 2. The van der Waals surface area contributed by atoms with Crippen molar-refractivity contribution in [3.8, 4) is 39.2 Å². The van der Waals surface area contributed by atoms with E-state index in [2.05, 4.69) is 4.98 Å². The second-order valence-corrected chi connectivity index (χ2v) is 7.88. The van der Waals surface area contributed by atoms with Gasteiger partial charge >= 0.3 is 0 Å². The van der Waals surface area contributed by atoms with Crippen molar-refractivity contribution in [1.29, 1.82) is 0 Å². The molecule has 0 radical (unpaired) electrons. The van der Waals surface area contributed by atoms with Gasteiger partial charge in [-0.15, -0.1) is 11.3 Å². The van der Waals surface area contributed by atoms with E-state index in [1.165, 1.54) is 11.3 Å². The van der Waals surface area contributed by atoms with Crippen LogP contribution in [0.15, 0.2) is 60.1 Å². The highest BCUT2D eigenvalue weighted by molar-refractivity contribution is 7.13. The minimum absolute atomic E-state index is 0.409. The van der Waals surface area contributed by atoms with Crippen LogP contribution in [0.5, 0.6) is 17.2 Å². The largest absolute Gasteiger partial charge is 0.493 e. The molecule has 31 heavy (non-hydrogen) atoms. The molecule has 6 nitrogen and oxygen atoms in total. The third kappa shape index (κ3) is 4.27. The number of carbonyl (C=O) groups excluding carboxylic acids is 1. The number of methoxy groups -OCH3 is 1. The Bertz CT molecular complexity index is 1240. The Labute approximate surface area is 184 Å². The van der Waals surface area contributed by atoms with Crippen molar-refractivity contribution >= 4 is 17.2 Å². The summed E-state index contributed by atoms with van der Waals surface area (Å²) in [4.78, 5) is 20.5. The average molecular weight is 432 g/mol. The second-order valence-electron chi connectivity index (χ2n) is 7.02. The number of thiazole rings is 1. The quantitative estimate of drug-likeness (QED) is 0.442. The van der Waals surface area contributed by atoms with Crippen molar-refractivity contribution in [3.63, 3.8) is 0 Å². The molecule has 0 aliphatic carbocycles. The molecule has 0 fully saturated rings. The van der Waals surface area contributed by atoms with E-state index in [1.807, 2.05) is 55.6 Å². The Morgan fingerprint density at radius 3 is 2.39 bits per heavy atom. The molecule has 0 spiro atoms. The minimum Gasteiger partial charge on any atom is -0.493 e. The van der Waals surface area contributed by atoms with Crippen molar-refractivity contribution in [2.24, 2.45) is 5.73 Å². The highest BCUT2D eigenvalue weighted by Crippen LogP contribution is 2.37. The number of carbonyl (C=O) groups is 1. The predicted octanol–water partition coefficient (Wildman–Crippen LogP) is 5.39. The number of hydrogen-bond acceptors (Lipinski definition) is 6. The Hall–Kier alpha value is -3.71. The number of nitrogens with zero attached hydrogens (tertiary/aromatic N) is 2. The predicted molar refractivity (Wildman–Crippen MR) is 122 cm³/mol. The van der Waals surface area contributed by atoms with Crippen LogP contribution in [0.25, 0.3) is 22.0 Å². The first-order valence-corrected chi connectivity index (χ1v) is 10.5. The molecule has 0 aliphatic rings. The van der Waals surface area contributed by atoms with Gasteiger partial charge < -0.3 is 15.2 Å². The molecule has 0 atom stereocenters. The van der Waals surface area contributed by atoms with Crippen LogP contribution < -0.4 is 15.2 Å². The first kappa shape index (κ1) is 20.6. The number of rotatable bonds is 6. The van der Waals surface area contributed by atoms with E-state index in [0.717, 1.165) is 33.1 Å². The fourth-order valence-electron chi connectivity index (χ4n) is 3.42. The van der Waals surface area contributed by atoms with Crippen LogP contribution in [0, 0.1) is 13.8 Å². The smallest absolute Gasteiger partial charge is 0.248 e. The fourth-order valence-corrected chi connectivity index (χ4v) is 4.20. The van der Waals surface area contributed by atoms with Crippen LogP contribution in [-0.4, -0.2) is 23.0 Å². The van der Waals surface area contributed by atoms with Gasteiger partial charge in [-0.2, -0.15) is 0 Å². The standard InChI is InChI=1S/C24H21N3O3S/c1-14-10-17(30-21-7-5-4-6-20(21)29-3)11-15(2)22(14)19-13-31-24(27-19)18-12-16(23(25)28)8-9-26-18/h4-13H,1-3H3,(H2,25,28). The molecular weight excluding hydrogens is 410 g/mol. The Morgan fingerprint density at radius 2 is 1.71 bits per heavy atom. The molecule has 4 rings (SSSR count). The van der Waals surface area contributed by atoms with Crippen LogP contribution in [-0.2, 0) is 0 Å². The molecule has 0 aliphatic heterocycles. The van der Waals surface area contributed by atoms with E-state index in [0.29, 0.717) is 22.8 Å². The van der Waals surface area contributed by atoms with Crippen LogP contribution >= 0.6 is 11.3 Å². The summed E-state index contributed by atoms with van der Waals surface area (Å²) in [5.41, 5.74) is 10.4. The summed E-state index contributed by atoms with van der Waals surface area (Å²) >= 11 is 1.47. The number of aromatic nitrogens is 2. The van der Waals surface area contributed by atoms with Gasteiger partial charge in [-0.3, -0.25) is 9.78 Å². The first-order chi connectivity index (χ1) is 15.0. The topological polar surface area (TPSA) is 87.3 Å². The number of pyridine rings is 1. The molecule has 0 saturated carbocycles.